The summed E-state index contributed by atoms with van der Waals surface area (Å²) in [6.45, 7) is 0. The van der Waals surface area contributed by atoms with Crippen molar-refractivity contribution in [1.29, 1.82) is 0 Å². The first-order chi connectivity index (χ1) is 13.9. The monoisotopic (exact) mass is 356 g/mol. The summed E-state index contributed by atoms with van der Waals surface area (Å²) in [6.07, 6.45) is 2.01. The maximum atomic E-state index is 2.30. The van der Waals surface area contributed by atoms with Gasteiger partial charge in [0.1, 0.15) is 0 Å². The van der Waals surface area contributed by atoms with Crippen molar-refractivity contribution in [2.75, 3.05) is 0 Å². The van der Waals surface area contributed by atoms with Gasteiger partial charge in [0.25, 0.3) is 0 Å². The molecule has 0 N–H and O–H groups in total. The Morgan fingerprint density at radius 1 is 0.321 bits per heavy atom. The highest BCUT2D eigenvalue weighted by molar-refractivity contribution is 6.08. The standard InChI is InChI=1S/C28H20/c1-5-13-23-19(9-1)17-20-10-2-6-14-24(20)27(23)28-25-15-7-3-11-21(25)18-22-12-4-8-16-26(22)28/h1-16H,17-18H2. The molecule has 0 heteroatoms. The largest absolute Gasteiger partial charge is 0.0619 e. The highest BCUT2D eigenvalue weighted by Gasteiger charge is 2.28. The van der Waals surface area contributed by atoms with Gasteiger partial charge < -0.3 is 0 Å². The third-order valence-corrected chi connectivity index (χ3v) is 6.16. The molecule has 0 radical (unpaired) electrons. The van der Waals surface area contributed by atoms with Gasteiger partial charge in [-0.3, -0.25) is 0 Å². The quantitative estimate of drug-likeness (QED) is 0.291. The smallest absolute Gasteiger partial charge is 0.00134 e. The van der Waals surface area contributed by atoms with Crippen LogP contribution in [-0.2, 0) is 12.8 Å². The van der Waals surface area contributed by atoms with Crippen LogP contribution in [-0.4, -0.2) is 0 Å². The van der Waals surface area contributed by atoms with E-state index < -0.39 is 0 Å². The molecule has 0 saturated heterocycles. The van der Waals surface area contributed by atoms with Gasteiger partial charge >= 0.3 is 0 Å². The van der Waals surface area contributed by atoms with E-state index in [0.717, 1.165) is 12.8 Å². The molecular weight excluding hydrogens is 336 g/mol. The number of benzene rings is 4. The summed E-state index contributed by atoms with van der Waals surface area (Å²) in [4.78, 5) is 0. The number of hydrogen-bond donors (Lipinski definition) is 0. The predicted molar refractivity (Wildman–Crippen MR) is 116 cm³/mol. The average molecular weight is 356 g/mol. The summed E-state index contributed by atoms with van der Waals surface area (Å²) in [5.41, 5.74) is 14.0. The Kier molecular flexibility index (Phi) is 3.39. The van der Waals surface area contributed by atoms with Crippen molar-refractivity contribution in [1.82, 2.24) is 0 Å². The van der Waals surface area contributed by atoms with Crippen LogP contribution in [0.2, 0.25) is 0 Å². The Hall–Kier alpha value is -3.38. The van der Waals surface area contributed by atoms with Crippen LogP contribution < -0.4 is 0 Å². The maximum absolute atomic E-state index is 2.30. The predicted octanol–water partition coefficient (Wildman–Crippen LogP) is 6.50. The molecule has 0 spiro atoms. The van der Waals surface area contributed by atoms with Gasteiger partial charge in [0.2, 0.25) is 0 Å². The Morgan fingerprint density at radius 2 is 0.571 bits per heavy atom. The van der Waals surface area contributed by atoms with Gasteiger partial charge in [-0.15, -0.1) is 0 Å². The molecule has 0 unspecified atom stereocenters. The summed E-state index contributed by atoms with van der Waals surface area (Å²) >= 11 is 0. The summed E-state index contributed by atoms with van der Waals surface area (Å²) in [7, 11) is 0. The lowest BCUT2D eigenvalue weighted by Crippen LogP contribution is -2.13. The van der Waals surface area contributed by atoms with Crippen molar-refractivity contribution in [3.05, 3.63) is 142 Å². The molecule has 28 heavy (non-hydrogen) atoms. The van der Waals surface area contributed by atoms with Gasteiger partial charge in [-0.25, -0.2) is 0 Å². The van der Waals surface area contributed by atoms with Gasteiger partial charge in [0.05, 0.1) is 0 Å². The van der Waals surface area contributed by atoms with Crippen LogP contribution >= 0.6 is 0 Å². The number of rotatable bonds is 0. The fourth-order valence-electron chi connectivity index (χ4n) is 4.91. The van der Waals surface area contributed by atoms with Crippen molar-refractivity contribution in [2.45, 2.75) is 12.8 Å². The van der Waals surface area contributed by atoms with E-state index in [9.17, 15) is 0 Å². The van der Waals surface area contributed by atoms with E-state index in [2.05, 4.69) is 97.1 Å². The highest BCUT2D eigenvalue weighted by Crippen LogP contribution is 2.46. The molecule has 4 aromatic carbocycles. The van der Waals surface area contributed by atoms with E-state index in [-0.39, 0.29) is 0 Å². The molecule has 0 aliphatic heterocycles. The zero-order valence-electron chi connectivity index (χ0n) is 15.7. The second-order valence-electron chi connectivity index (χ2n) is 7.73. The van der Waals surface area contributed by atoms with Crippen LogP contribution in [0.25, 0.3) is 11.1 Å². The highest BCUT2D eigenvalue weighted by atomic mass is 14.3. The minimum atomic E-state index is 1.01. The molecular formula is C28H20. The molecule has 6 rings (SSSR count). The maximum Gasteiger partial charge on any atom is -0.00134 e. The Balaban J connectivity index is 1.80. The van der Waals surface area contributed by atoms with Crippen LogP contribution in [0.3, 0.4) is 0 Å². The third-order valence-electron chi connectivity index (χ3n) is 6.16. The lowest BCUT2D eigenvalue weighted by Gasteiger charge is -2.30. The van der Waals surface area contributed by atoms with E-state index in [0.29, 0.717) is 0 Å². The van der Waals surface area contributed by atoms with E-state index in [4.69, 9.17) is 0 Å². The van der Waals surface area contributed by atoms with Gasteiger partial charge in [-0.1, -0.05) is 97.1 Å². The SMILES string of the molecule is c1ccc2c(c1)Cc1ccccc1C2=C1c2ccccc2Cc2ccccc21. The van der Waals surface area contributed by atoms with Gasteiger partial charge in [-0.05, 0) is 68.5 Å². The molecule has 0 nitrogen and oxygen atoms in total. The zero-order valence-corrected chi connectivity index (χ0v) is 15.7. The van der Waals surface area contributed by atoms with Crippen LogP contribution in [0.4, 0.5) is 0 Å². The number of hydrogen-bond acceptors (Lipinski definition) is 0. The Bertz CT molecular complexity index is 1060. The van der Waals surface area contributed by atoms with E-state index >= 15 is 0 Å². The van der Waals surface area contributed by atoms with Crippen molar-refractivity contribution < 1.29 is 0 Å². The average Bonchev–Trinajstić information content (AvgIpc) is 2.76. The topological polar surface area (TPSA) is 0 Å². The van der Waals surface area contributed by atoms with Crippen LogP contribution in [0.15, 0.2) is 97.1 Å². The van der Waals surface area contributed by atoms with Crippen molar-refractivity contribution in [3.8, 4) is 0 Å². The van der Waals surface area contributed by atoms with Crippen LogP contribution in [0, 0.1) is 0 Å². The summed E-state index contributed by atoms with van der Waals surface area (Å²) < 4.78 is 0. The second-order valence-corrected chi connectivity index (χ2v) is 7.73. The van der Waals surface area contributed by atoms with Crippen molar-refractivity contribution in [2.24, 2.45) is 0 Å². The first-order valence-electron chi connectivity index (χ1n) is 9.97. The first kappa shape index (κ1) is 15.7. The molecule has 0 atom stereocenters. The summed E-state index contributed by atoms with van der Waals surface area (Å²) in [6, 6.07) is 35.7. The molecule has 4 aromatic rings. The van der Waals surface area contributed by atoms with Crippen LogP contribution in [0.5, 0.6) is 0 Å². The van der Waals surface area contributed by atoms with Gasteiger partial charge in [-0.2, -0.15) is 0 Å². The van der Waals surface area contributed by atoms with E-state index in [1.54, 1.807) is 0 Å². The molecule has 2 aliphatic carbocycles. The van der Waals surface area contributed by atoms with Crippen molar-refractivity contribution >= 4 is 11.1 Å². The summed E-state index contributed by atoms with van der Waals surface area (Å²) in [5, 5.41) is 0. The summed E-state index contributed by atoms with van der Waals surface area (Å²) in [5.74, 6) is 0. The molecule has 2 aliphatic rings. The second kappa shape index (κ2) is 6.07. The normalized spacial score (nSPS) is 14.0. The minimum absolute atomic E-state index is 1.01. The lowest BCUT2D eigenvalue weighted by atomic mass is 9.73. The molecule has 0 saturated carbocycles. The molecule has 0 bridgehead atoms. The first-order valence-corrected chi connectivity index (χ1v) is 9.97. The Morgan fingerprint density at radius 3 is 0.857 bits per heavy atom. The minimum Gasteiger partial charge on any atom is -0.0619 e. The molecule has 0 fully saturated rings. The van der Waals surface area contributed by atoms with E-state index in [1.807, 2.05) is 0 Å². The fourth-order valence-corrected chi connectivity index (χ4v) is 4.91. The Labute approximate surface area is 165 Å². The van der Waals surface area contributed by atoms with Crippen molar-refractivity contribution in [3.63, 3.8) is 0 Å². The van der Waals surface area contributed by atoms with Gasteiger partial charge in [0.15, 0.2) is 0 Å². The zero-order chi connectivity index (χ0) is 18.5. The molecule has 0 aromatic heterocycles. The molecule has 0 amide bonds. The van der Waals surface area contributed by atoms with Crippen LogP contribution in [0.1, 0.15) is 44.5 Å². The third kappa shape index (κ3) is 2.25. The fraction of sp³-hybridized carbons (Fsp3) is 0.0714. The molecule has 0 heterocycles. The molecule has 132 valence electrons. The lowest BCUT2D eigenvalue weighted by molar-refractivity contribution is 1.12. The van der Waals surface area contributed by atoms with E-state index in [1.165, 1.54) is 55.7 Å². The number of fused-ring (bicyclic) bond motifs is 4. The van der Waals surface area contributed by atoms with Gasteiger partial charge in [0, 0.05) is 0 Å².